The third-order valence-electron chi connectivity index (χ3n) is 4.60. The zero-order chi connectivity index (χ0) is 20.3. The molecule has 2 heterocycles. The number of aliphatic hydroxyl groups is 6. The van der Waals surface area contributed by atoms with Crippen molar-refractivity contribution in [2.24, 2.45) is 0 Å². The van der Waals surface area contributed by atoms with Crippen LogP contribution in [0.25, 0.3) is 0 Å². The molecule has 2 fully saturated rings. The highest BCUT2D eigenvalue weighted by Crippen LogP contribution is 2.29. The second kappa shape index (κ2) is 9.52. The van der Waals surface area contributed by atoms with E-state index in [1.807, 2.05) is 0 Å². The number of ether oxygens (including phenoxy) is 4. The first kappa shape index (κ1) is 22.4. The Balaban J connectivity index is 2.24. The third-order valence-corrected chi connectivity index (χ3v) is 4.60. The second-order valence-electron chi connectivity index (χ2n) is 6.48. The maximum absolute atomic E-state index is 11.4. The van der Waals surface area contributed by atoms with E-state index >= 15 is 0 Å². The van der Waals surface area contributed by atoms with Gasteiger partial charge >= 0.3 is 0 Å². The normalized spacial score (nSPS) is 45.5. The first-order valence-corrected chi connectivity index (χ1v) is 8.45. The summed E-state index contributed by atoms with van der Waals surface area (Å²) >= 11 is 0. The highest BCUT2D eigenvalue weighted by atomic mass is 16.7. The number of methoxy groups -OCH3 is 1. The van der Waals surface area contributed by atoms with Crippen LogP contribution in [0.2, 0.25) is 0 Å². The van der Waals surface area contributed by atoms with E-state index in [-0.39, 0.29) is 0 Å². The zero-order valence-electron chi connectivity index (χ0n) is 14.9. The van der Waals surface area contributed by atoms with Gasteiger partial charge in [0.05, 0.1) is 13.2 Å². The van der Waals surface area contributed by atoms with Crippen molar-refractivity contribution in [1.29, 1.82) is 0 Å². The molecule has 0 aliphatic carbocycles. The SMILES string of the molecule is CO[C@@H]1O[C@H](CO)[C@@H](O)[C@H](O[C@@H]2O[C@H](CO)[C@H](O)[C@H](O)[C@H]2NC(C)=O)[C@H]1O. The minimum absolute atomic E-state index is 0.554. The van der Waals surface area contributed by atoms with E-state index in [1.165, 1.54) is 14.0 Å². The van der Waals surface area contributed by atoms with Crippen molar-refractivity contribution in [1.82, 2.24) is 5.32 Å². The van der Waals surface area contributed by atoms with E-state index in [1.54, 1.807) is 0 Å². The van der Waals surface area contributed by atoms with Crippen LogP contribution in [0, 0.1) is 0 Å². The quantitative estimate of drug-likeness (QED) is 0.228. The predicted octanol–water partition coefficient (Wildman–Crippen LogP) is -4.60. The Morgan fingerprint density at radius 2 is 1.48 bits per heavy atom. The highest BCUT2D eigenvalue weighted by molar-refractivity contribution is 5.73. The van der Waals surface area contributed by atoms with Crippen molar-refractivity contribution >= 4 is 5.91 Å². The molecule has 27 heavy (non-hydrogen) atoms. The molecule has 12 heteroatoms. The standard InChI is InChI=1S/C15H27NO11/c1-5(19)16-8-11(22)9(20)6(3-17)25-14(8)27-13-10(21)7(4-18)26-15(24-2)12(13)23/h6-15,17-18,20-23H,3-4H2,1-2H3,(H,16,19)/t6-,7-,8-,9+,10-,11-,12-,13+,14+,15-/m1/s1. The van der Waals surface area contributed by atoms with Crippen molar-refractivity contribution in [3.8, 4) is 0 Å². The molecular formula is C15H27NO11. The number of aliphatic hydroxyl groups excluding tert-OH is 6. The van der Waals surface area contributed by atoms with E-state index in [4.69, 9.17) is 18.9 Å². The molecule has 0 aromatic heterocycles. The first-order valence-electron chi connectivity index (χ1n) is 8.45. The van der Waals surface area contributed by atoms with Crippen LogP contribution in [0.15, 0.2) is 0 Å². The molecule has 0 saturated carbocycles. The molecule has 0 radical (unpaired) electrons. The number of amides is 1. The summed E-state index contributed by atoms with van der Waals surface area (Å²) in [6, 6.07) is -1.25. The van der Waals surface area contributed by atoms with Gasteiger partial charge in [-0.1, -0.05) is 0 Å². The Hall–Kier alpha value is -0.930. The summed E-state index contributed by atoms with van der Waals surface area (Å²) in [6.07, 6.45) is -12.4. The van der Waals surface area contributed by atoms with Gasteiger partial charge in [0.1, 0.15) is 48.8 Å². The Morgan fingerprint density at radius 1 is 0.926 bits per heavy atom. The van der Waals surface area contributed by atoms with Crippen molar-refractivity contribution in [2.45, 2.75) is 68.3 Å². The lowest BCUT2D eigenvalue weighted by Crippen LogP contribution is -2.67. The molecule has 0 aromatic carbocycles. The maximum Gasteiger partial charge on any atom is 0.217 e. The van der Waals surface area contributed by atoms with Crippen LogP contribution in [0.3, 0.4) is 0 Å². The monoisotopic (exact) mass is 397 g/mol. The molecule has 0 aromatic rings. The predicted molar refractivity (Wildman–Crippen MR) is 85.0 cm³/mol. The summed E-state index contributed by atoms with van der Waals surface area (Å²) in [6.45, 7) is -0.0617. The van der Waals surface area contributed by atoms with Gasteiger partial charge in [-0.3, -0.25) is 4.79 Å². The minimum atomic E-state index is -1.55. The summed E-state index contributed by atoms with van der Waals surface area (Å²) in [4.78, 5) is 11.4. The molecule has 12 nitrogen and oxygen atoms in total. The summed E-state index contributed by atoms with van der Waals surface area (Å²) in [5, 5.41) is 61.9. The Morgan fingerprint density at radius 3 is 2.00 bits per heavy atom. The second-order valence-corrected chi connectivity index (χ2v) is 6.48. The fourth-order valence-electron chi connectivity index (χ4n) is 3.15. The Labute approximate surface area is 155 Å². The van der Waals surface area contributed by atoms with E-state index in [0.717, 1.165) is 0 Å². The molecule has 7 N–H and O–H groups in total. The average molecular weight is 397 g/mol. The van der Waals surface area contributed by atoms with E-state index in [9.17, 15) is 35.4 Å². The number of hydrogen-bond donors (Lipinski definition) is 7. The van der Waals surface area contributed by atoms with Crippen molar-refractivity contribution in [3.63, 3.8) is 0 Å². The van der Waals surface area contributed by atoms with Crippen LogP contribution in [0.5, 0.6) is 0 Å². The lowest BCUT2D eigenvalue weighted by Gasteiger charge is -2.46. The molecule has 2 saturated heterocycles. The largest absolute Gasteiger partial charge is 0.394 e. The lowest BCUT2D eigenvalue weighted by atomic mass is 9.95. The number of hydrogen-bond acceptors (Lipinski definition) is 11. The number of carbonyl (C=O) groups excluding carboxylic acids is 1. The average Bonchev–Trinajstić information content (AvgIpc) is 2.64. The molecule has 158 valence electrons. The summed E-state index contributed by atoms with van der Waals surface area (Å²) < 4.78 is 21.2. The maximum atomic E-state index is 11.4. The summed E-state index contributed by atoms with van der Waals surface area (Å²) in [5.41, 5.74) is 0. The summed E-state index contributed by atoms with van der Waals surface area (Å²) in [5.74, 6) is -0.554. The minimum Gasteiger partial charge on any atom is -0.394 e. The van der Waals surface area contributed by atoms with Crippen molar-refractivity contribution in [3.05, 3.63) is 0 Å². The molecule has 0 bridgehead atoms. The molecule has 1 amide bonds. The van der Waals surface area contributed by atoms with Gasteiger partial charge in [-0.25, -0.2) is 0 Å². The van der Waals surface area contributed by atoms with Crippen molar-refractivity contribution in [2.75, 3.05) is 20.3 Å². The molecule has 0 unspecified atom stereocenters. The molecule has 2 aliphatic heterocycles. The summed E-state index contributed by atoms with van der Waals surface area (Å²) in [7, 11) is 1.25. The highest BCUT2D eigenvalue weighted by Gasteiger charge is 2.51. The van der Waals surface area contributed by atoms with E-state index < -0.39 is 80.5 Å². The zero-order valence-corrected chi connectivity index (χ0v) is 14.9. The topological polar surface area (TPSA) is 187 Å². The Bertz CT molecular complexity index is 478. The molecule has 0 spiro atoms. The first-order chi connectivity index (χ1) is 12.7. The molecule has 10 atom stereocenters. The smallest absolute Gasteiger partial charge is 0.217 e. The van der Waals surface area contributed by atoms with Crippen LogP contribution in [-0.2, 0) is 23.7 Å². The molecular weight excluding hydrogens is 370 g/mol. The van der Waals surface area contributed by atoms with Gasteiger partial charge in [0, 0.05) is 14.0 Å². The van der Waals surface area contributed by atoms with Crippen LogP contribution >= 0.6 is 0 Å². The van der Waals surface area contributed by atoms with Gasteiger partial charge in [0.2, 0.25) is 5.91 Å². The number of carbonyl (C=O) groups is 1. The van der Waals surface area contributed by atoms with Gasteiger partial charge in [-0.05, 0) is 0 Å². The van der Waals surface area contributed by atoms with E-state index in [0.29, 0.717) is 0 Å². The van der Waals surface area contributed by atoms with Gasteiger partial charge in [0.15, 0.2) is 12.6 Å². The fraction of sp³-hybridized carbons (Fsp3) is 0.933. The Kier molecular flexibility index (Phi) is 7.88. The molecule has 2 rings (SSSR count). The number of nitrogens with one attached hydrogen (secondary N) is 1. The van der Waals surface area contributed by atoms with Gasteiger partial charge in [0.25, 0.3) is 0 Å². The van der Waals surface area contributed by atoms with E-state index in [2.05, 4.69) is 5.32 Å². The van der Waals surface area contributed by atoms with Gasteiger partial charge < -0.3 is 54.9 Å². The van der Waals surface area contributed by atoms with Crippen LogP contribution in [0.1, 0.15) is 6.92 Å². The fourth-order valence-corrected chi connectivity index (χ4v) is 3.15. The van der Waals surface area contributed by atoms with Crippen LogP contribution < -0.4 is 5.32 Å². The van der Waals surface area contributed by atoms with Crippen LogP contribution in [0.4, 0.5) is 0 Å². The lowest BCUT2D eigenvalue weighted by molar-refractivity contribution is -0.344. The number of rotatable bonds is 6. The van der Waals surface area contributed by atoms with Crippen molar-refractivity contribution < 1.29 is 54.4 Å². The molecule has 2 aliphatic rings. The van der Waals surface area contributed by atoms with Gasteiger partial charge in [-0.2, -0.15) is 0 Å². The van der Waals surface area contributed by atoms with Crippen LogP contribution in [-0.4, -0.2) is 118 Å². The third kappa shape index (κ3) is 4.74. The van der Waals surface area contributed by atoms with Gasteiger partial charge in [-0.15, -0.1) is 0 Å².